The molecule has 0 saturated heterocycles. The zero-order chi connectivity index (χ0) is 13.6. The van der Waals surface area contributed by atoms with Crippen molar-refractivity contribution in [2.24, 2.45) is 5.41 Å². The van der Waals surface area contributed by atoms with Gasteiger partial charge in [0, 0.05) is 11.1 Å². The van der Waals surface area contributed by atoms with Crippen LogP contribution in [0.4, 0.5) is 0 Å². The molecule has 0 saturated carbocycles. The number of aromatic nitrogens is 2. The van der Waals surface area contributed by atoms with E-state index in [9.17, 15) is 5.11 Å². The van der Waals surface area contributed by atoms with Crippen LogP contribution in [0.5, 0.6) is 0 Å². The summed E-state index contributed by atoms with van der Waals surface area (Å²) in [6.07, 6.45) is 3.43. The van der Waals surface area contributed by atoms with Crippen molar-refractivity contribution in [3.8, 4) is 0 Å². The topological polar surface area (TPSA) is 38.0 Å². The molecular formula is C15H26N2O. The van der Waals surface area contributed by atoms with E-state index in [2.05, 4.69) is 34.6 Å². The van der Waals surface area contributed by atoms with Crippen LogP contribution in [0.1, 0.15) is 58.0 Å². The molecular weight excluding hydrogens is 224 g/mol. The van der Waals surface area contributed by atoms with Gasteiger partial charge in [-0.05, 0) is 30.2 Å². The Balaban J connectivity index is 2.49. The first kappa shape index (κ1) is 13.6. The smallest absolute Gasteiger partial charge is 0.0712 e. The van der Waals surface area contributed by atoms with Gasteiger partial charge in [0.25, 0.3) is 0 Å². The molecule has 3 heteroatoms. The van der Waals surface area contributed by atoms with Crippen LogP contribution < -0.4 is 0 Å². The van der Waals surface area contributed by atoms with Crippen molar-refractivity contribution in [2.45, 2.75) is 65.8 Å². The molecule has 102 valence electrons. The second-order valence-electron chi connectivity index (χ2n) is 7.31. The van der Waals surface area contributed by atoms with Crippen LogP contribution in [0.15, 0.2) is 0 Å². The van der Waals surface area contributed by atoms with Crippen LogP contribution in [0.25, 0.3) is 0 Å². The van der Waals surface area contributed by atoms with Gasteiger partial charge in [0.15, 0.2) is 0 Å². The standard InChI is InChI=1S/C15H26N2O/c1-14(2,3)13-11-6-7-15(4,5)10-12(11)17(16-13)8-9-18/h18H,6-10H2,1-5H3. The molecule has 1 N–H and O–H groups in total. The van der Waals surface area contributed by atoms with Gasteiger partial charge in [-0.1, -0.05) is 34.6 Å². The lowest BCUT2D eigenvalue weighted by Crippen LogP contribution is -2.25. The Bertz CT molecular complexity index is 438. The number of fused-ring (bicyclic) bond motifs is 1. The zero-order valence-electron chi connectivity index (χ0n) is 12.4. The van der Waals surface area contributed by atoms with Crippen molar-refractivity contribution in [2.75, 3.05) is 6.61 Å². The van der Waals surface area contributed by atoms with E-state index < -0.39 is 0 Å². The summed E-state index contributed by atoms with van der Waals surface area (Å²) < 4.78 is 2.04. The Morgan fingerprint density at radius 3 is 2.56 bits per heavy atom. The van der Waals surface area contributed by atoms with Crippen LogP contribution in [-0.2, 0) is 24.8 Å². The highest BCUT2D eigenvalue weighted by molar-refractivity contribution is 5.34. The second-order valence-corrected chi connectivity index (χ2v) is 7.31. The Hall–Kier alpha value is -0.830. The molecule has 0 fully saturated rings. The molecule has 1 aliphatic rings. The van der Waals surface area contributed by atoms with Crippen LogP contribution in [0.3, 0.4) is 0 Å². The van der Waals surface area contributed by atoms with Gasteiger partial charge < -0.3 is 5.11 Å². The van der Waals surface area contributed by atoms with Gasteiger partial charge in [-0.25, -0.2) is 0 Å². The predicted molar refractivity (Wildman–Crippen MR) is 73.8 cm³/mol. The van der Waals surface area contributed by atoms with E-state index in [4.69, 9.17) is 5.10 Å². The molecule has 0 spiro atoms. The van der Waals surface area contributed by atoms with Crippen molar-refractivity contribution < 1.29 is 5.11 Å². The van der Waals surface area contributed by atoms with Crippen molar-refractivity contribution in [3.63, 3.8) is 0 Å². The van der Waals surface area contributed by atoms with E-state index in [-0.39, 0.29) is 12.0 Å². The maximum Gasteiger partial charge on any atom is 0.0712 e. The molecule has 1 aliphatic carbocycles. The molecule has 0 amide bonds. The van der Waals surface area contributed by atoms with Crippen LogP contribution in [0, 0.1) is 5.41 Å². The van der Waals surface area contributed by atoms with E-state index in [0.29, 0.717) is 12.0 Å². The number of hydrogen-bond donors (Lipinski definition) is 1. The maximum atomic E-state index is 9.20. The minimum Gasteiger partial charge on any atom is -0.394 e. The van der Waals surface area contributed by atoms with Crippen LogP contribution in [-0.4, -0.2) is 21.5 Å². The second kappa shape index (κ2) is 4.37. The summed E-state index contributed by atoms with van der Waals surface area (Å²) in [5, 5.41) is 14.0. The van der Waals surface area contributed by atoms with E-state index in [1.807, 2.05) is 4.68 Å². The minimum atomic E-state index is 0.0896. The highest BCUT2D eigenvalue weighted by Crippen LogP contribution is 2.39. The first-order valence-electron chi connectivity index (χ1n) is 6.94. The molecule has 0 unspecified atom stereocenters. The summed E-state index contributed by atoms with van der Waals surface area (Å²) in [7, 11) is 0. The lowest BCUT2D eigenvalue weighted by molar-refractivity contribution is 0.257. The third-order valence-electron chi connectivity index (χ3n) is 3.89. The van der Waals surface area contributed by atoms with E-state index in [1.54, 1.807) is 0 Å². The normalized spacial score (nSPS) is 18.8. The number of aliphatic hydroxyl groups excluding tert-OH is 1. The fourth-order valence-electron chi connectivity index (χ4n) is 2.88. The first-order chi connectivity index (χ1) is 8.24. The van der Waals surface area contributed by atoms with E-state index >= 15 is 0 Å². The summed E-state index contributed by atoms with van der Waals surface area (Å²) in [5.74, 6) is 0. The Morgan fingerprint density at radius 2 is 2.00 bits per heavy atom. The molecule has 1 heterocycles. The summed E-state index contributed by atoms with van der Waals surface area (Å²) in [5.41, 5.74) is 4.46. The number of rotatable bonds is 2. The lowest BCUT2D eigenvalue weighted by Gasteiger charge is -2.31. The average molecular weight is 250 g/mol. The third kappa shape index (κ3) is 2.46. The average Bonchev–Trinajstić information content (AvgIpc) is 2.55. The highest BCUT2D eigenvalue weighted by Gasteiger charge is 2.33. The van der Waals surface area contributed by atoms with Crippen molar-refractivity contribution in [3.05, 3.63) is 17.0 Å². The summed E-state index contributed by atoms with van der Waals surface area (Å²) >= 11 is 0. The summed E-state index contributed by atoms with van der Waals surface area (Å²) in [6, 6.07) is 0. The van der Waals surface area contributed by atoms with Crippen molar-refractivity contribution >= 4 is 0 Å². The van der Waals surface area contributed by atoms with Crippen molar-refractivity contribution in [1.82, 2.24) is 9.78 Å². The van der Waals surface area contributed by atoms with Gasteiger partial charge in [-0.15, -0.1) is 0 Å². The molecule has 18 heavy (non-hydrogen) atoms. The van der Waals surface area contributed by atoms with Gasteiger partial charge in [-0.2, -0.15) is 5.10 Å². The van der Waals surface area contributed by atoms with Crippen molar-refractivity contribution in [1.29, 1.82) is 0 Å². The van der Waals surface area contributed by atoms with E-state index in [0.717, 1.165) is 12.8 Å². The molecule has 0 radical (unpaired) electrons. The van der Waals surface area contributed by atoms with E-state index in [1.165, 1.54) is 23.4 Å². The first-order valence-corrected chi connectivity index (χ1v) is 6.94. The third-order valence-corrected chi connectivity index (χ3v) is 3.89. The zero-order valence-corrected chi connectivity index (χ0v) is 12.4. The molecule has 0 aliphatic heterocycles. The predicted octanol–water partition coefficient (Wildman–Crippen LogP) is 2.69. The van der Waals surface area contributed by atoms with Gasteiger partial charge in [0.2, 0.25) is 0 Å². The number of nitrogens with zero attached hydrogens (tertiary/aromatic N) is 2. The van der Waals surface area contributed by atoms with Crippen LogP contribution in [0.2, 0.25) is 0 Å². The molecule has 2 rings (SSSR count). The molecule has 1 aromatic heterocycles. The maximum absolute atomic E-state index is 9.20. The fraction of sp³-hybridized carbons (Fsp3) is 0.800. The minimum absolute atomic E-state index is 0.0896. The van der Waals surface area contributed by atoms with Gasteiger partial charge in [0.1, 0.15) is 0 Å². The quantitative estimate of drug-likeness (QED) is 0.876. The Labute approximate surface area is 110 Å². The Kier molecular flexibility index (Phi) is 3.30. The monoisotopic (exact) mass is 250 g/mol. The van der Waals surface area contributed by atoms with Gasteiger partial charge in [-0.3, -0.25) is 4.68 Å². The molecule has 0 atom stereocenters. The number of hydrogen-bond acceptors (Lipinski definition) is 2. The molecule has 3 nitrogen and oxygen atoms in total. The van der Waals surface area contributed by atoms with Crippen LogP contribution >= 0.6 is 0 Å². The number of aliphatic hydroxyl groups is 1. The lowest BCUT2D eigenvalue weighted by atomic mass is 9.74. The van der Waals surface area contributed by atoms with Gasteiger partial charge in [0.05, 0.1) is 18.8 Å². The Morgan fingerprint density at radius 1 is 1.33 bits per heavy atom. The highest BCUT2D eigenvalue weighted by atomic mass is 16.3. The molecule has 0 aromatic carbocycles. The molecule has 0 bridgehead atoms. The largest absolute Gasteiger partial charge is 0.394 e. The van der Waals surface area contributed by atoms with Gasteiger partial charge >= 0.3 is 0 Å². The summed E-state index contributed by atoms with van der Waals surface area (Å²) in [6.45, 7) is 12.1. The summed E-state index contributed by atoms with van der Waals surface area (Å²) in [4.78, 5) is 0. The fourth-order valence-corrected chi connectivity index (χ4v) is 2.88. The molecule has 1 aromatic rings. The SMILES string of the molecule is CC1(C)CCc2c(C(C)(C)C)nn(CCO)c2C1.